The van der Waals surface area contributed by atoms with Gasteiger partial charge in [0.05, 0.1) is 18.6 Å². The Hall–Kier alpha value is -2.49. The zero-order valence-electron chi connectivity index (χ0n) is 20.3. The van der Waals surface area contributed by atoms with E-state index in [1.54, 1.807) is 63.2 Å². The summed E-state index contributed by atoms with van der Waals surface area (Å²) in [5.74, 6) is -0.573. The van der Waals surface area contributed by atoms with Gasteiger partial charge in [-0.15, -0.1) is 0 Å². The lowest BCUT2D eigenvalue weighted by Gasteiger charge is -2.33. The van der Waals surface area contributed by atoms with Gasteiger partial charge < -0.3 is 15.0 Å². The molecule has 0 aliphatic carbocycles. The van der Waals surface area contributed by atoms with Crippen molar-refractivity contribution in [2.24, 2.45) is 0 Å². The van der Waals surface area contributed by atoms with Gasteiger partial charge in [-0.05, 0) is 50.1 Å². The van der Waals surface area contributed by atoms with Gasteiger partial charge in [-0.3, -0.25) is 13.9 Å². The molecule has 0 heterocycles. The number of likely N-dealkylation sites (N-methyl/N-ethyl adjacent to an activating group) is 1. The first-order chi connectivity index (χ1) is 16.5. The quantitative estimate of drug-likeness (QED) is 0.434. The standard InChI is InChI=1S/C24H31Cl2N3O5S/c1-5-20(24(31)27-6-2)28(15-17-12-13-18(25)14-19(17)26)23(30)16-29(35(4,32)33)21-10-8-9-11-22(21)34-7-3/h8-14,20H,5-7,15-16H2,1-4H3,(H,27,31). The Morgan fingerprint density at radius 3 is 2.34 bits per heavy atom. The van der Waals surface area contributed by atoms with E-state index >= 15 is 0 Å². The number of sulfonamides is 1. The number of carbonyl (C=O) groups is 2. The molecule has 2 rings (SSSR count). The van der Waals surface area contributed by atoms with Crippen LogP contribution in [0.25, 0.3) is 0 Å². The zero-order valence-corrected chi connectivity index (χ0v) is 22.6. The van der Waals surface area contributed by atoms with Crippen molar-refractivity contribution in [3.8, 4) is 5.75 Å². The summed E-state index contributed by atoms with van der Waals surface area (Å²) in [5, 5.41) is 3.51. The highest BCUT2D eigenvalue weighted by Gasteiger charge is 2.32. The molecule has 2 amide bonds. The Kier molecular flexibility index (Phi) is 10.7. The molecule has 8 nitrogen and oxygen atoms in total. The van der Waals surface area contributed by atoms with E-state index in [2.05, 4.69) is 5.32 Å². The molecule has 0 aliphatic heterocycles. The Balaban J connectivity index is 2.51. The maximum atomic E-state index is 13.7. The van der Waals surface area contributed by atoms with Crippen molar-refractivity contribution in [1.29, 1.82) is 0 Å². The van der Waals surface area contributed by atoms with Crippen LogP contribution in [0, 0.1) is 0 Å². The second kappa shape index (κ2) is 13.0. The number of nitrogens with zero attached hydrogens (tertiary/aromatic N) is 2. The molecular weight excluding hydrogens is 513 g/mol. The maximum Gasteiger partial charge on any atom is 0.244 e. The number of ether oxygens (including phenoxy) is 1. The van der Waals surface area contributed by atoms with Crippen molar-refractivity contribution in [1.82, 2.24) is 10.2 Å². The molecule has 0 radical (unpaired) electrons. The fourth-order valence-corrected chi connectivity index (χ4v) is 4.90. The number of hydrogen-bond donors (Lipinski definition) is 1. The Morgan fingerprint density at radius 1 is 1.09 bits per heavy atom. The molecule has 192 valence electrons. The molecule has 0 aromatic heterocycles. The number of hydrogen-bond acceptors (Lipinski definition) is 5. The van der Waals surface area contributed by atoms with Gasteiger partial charge in [0, 0.05) is 23.1 Å². The number of para-hydroxylation sites is 2. The number of anilines is 1. The van der Waals surface area contributed by atoms with E-state index in [1.807, 2.05) is 0 Å². The van der Waals surface area contributed by atoms with E-state index in [0.717, 1.165) is 10.6 Å². The van der Waals surface area contributed by atoms with Gasteiger partial charge in [0.15, 0.2) is 0 Å². The summed E-state index contributed by atoms with van der Waals surface area (Å²) < 4.78 is 32.1. The SMILES string of the molecule is CCNC(=O)C(CC)N(Cc1ccc(Cl)cc1Cl)C(=O)CN(c1ccccc1OCC)S(C)(=O)=O. The minimum Gasteiger partial charge on any atom is -0.492 e. The van der Waals surface area contributed by atoms with E-state index in [1.165, 1.54) is 4.90 Å². The van der Waals surface area contributed by atoms with Gasteiger partial charge >= 0.3 is 0 Å². The molecule has 0 fully saturated rings. The fraction of sp³-hybridized carbons (Fsp3) is 0.417. The lowest BCUT2D eigenvalue weighted by atomic mass is 10.1. The predicted molar refractivity (Wildman–Crippen MR) is 140 cm³/mol. The number of halogens is 2. The van der Waals surface area contributed by atoms with Crippen LogP contribution in [-0.4, -0.2) is 57.1 Å². The molecule has 0 bridgehead atoms. The first kappa shape index (κ1) is 28.7. The van der Waals surface area contributed by atoms with E-state index < -0.39 is 28.5 Å². The lowest BCUT2D eigenvalue weighted by Crippen LogP contribution is -2.52. The number of benzene rings is 2. The van der Waals surface area contributed by atoms with Crippen LogP contribution in [0.4, 0.5) is 5.69 Å². The molecule has 0 spiro atoms. The van der Waals surface area contributed by atoms with Gasteiger partial charge in [0.1, 0.15) is 18.3 Å². The van der Waals surface area contributed by atoms with Crippen LogP contribution in [-0.2, 0) is 26.2 Å². The minimum atomic E-state index is -3.88. The lowest BCUT2D eigenvalue weighted by molar-refractivity contribution is -0.140. The summed E-state index contributed by atoms with van der Waals surface area (Å²) in [6.07, 6.45) is 1.34. The highest BCUT2D eigenvalue weighted by molar-refractivity contribution is 7.92. The third-order valence-electron chi connectivity index (χ3n) is 5.21. The predicted octanol–water partition coefficient (Wildman–Crippen LogP) is 4.10. The summed E-state index contributed by atoms with van der Waals surface area (Å²) in [4.78, 5) is 27.8. The molecule has 0 saturated heterocycles. The van der Waals surface area contributed by atoms with Gasteiger partial charge in [0.2, 0.25) is 21.8 Å². The van der Waals surface area contributed by atoms with Crippen LogP contribution in [0.2, 0.25) is 10.0 Å². The number of amides is 2. The minimum absolute atomic E-state index is 0.00478. The van der Waals surface area contributed by atoms with Crippen LogP contribution < -0.4 is 14.4 Å². The molecule has 1 atom stereocenters. The number of rotatable bonds is 12. The van der Waals surface area contributed by atoms with Crippen LogP contribution >= 0.6 is 23.2 Å². The third-order valence-corrected chi connectivity index (χ3v) is 6.92. The first-order valence-corrected chi connectivity index (χ1v) is 13.8. The highest BCUT2D eigenvalue weighted by atomic mass is 35.5. The van der Waals surface area contributed by atoms with Crippen molar-refractivity contribution in [2.45, 2.75) is 39.8 Å². The summed E-state index contributed by atoms with van der Waals surface area (Å²) in [6.45, 7) is 5.52. The number of carbonyl (C=O) groups excluding carboxylic acids is 2. The third kappa shape index (κ3) is 7.75. The van der Waals surface area contributed by atoms with Crippen LogP contribution in [0.1, 0.15) is 32.8 Å². The van der Waals surface area contributed by atoms with E-state index in [-0.39, 0.29) is 18.1 Å². The topological polar surface area (TPSA) is 96.0 Å². The average Bonchev–Trinajstić information content (AvgIpc) is 2.79. The molecule has 2 aromatic rings. The van der Waals surface area contributed by atoms with Crippen molar-refractivity contribution in [3.05, 3.63) is 58.1 Å². The van der Waals surface area contributed by atoms with Crippen LogP contribution in [0.5, 0.6) is 5.75 Å². The summed E-state index contributed by atoms with van der Waals surface area (Å²) in [5.41, 5.74) is 0.813. The van der Waals surface area contributed by atoms with Crippen molar-refractivity contribution >= 4 is 50.7 Å². The maximum absolute atomic E-state index is 13.7. The number of nitrogens with one attached hydrogen (secondary N) is 1. The molecule has 0 aliphatic rings. The van der Waals surface area contributed by atoms with E-state index in [0.29, 0.717) is 40.9 Å². The molecule has 35 heavy (non-hydrogen) atoms. The molecule has 2 aromatic carbocycles. The van der Waals surface area contributed by atoms with Gasteiger partial charge in [-0.2, -0.15) is 0 Å². The molecule has 1 N–H and O–H groups in total. The highest BCUT2D eigenvalue weighted by Crippen LogP contribution is 2.30. The molecule has 1 unspecified atom stereocenters. The van der Waals surface area contributed by atoms with Crippen LogP contribution in [0.15, 0.2) is 42.5 Å². The Bertz CT molecular complexity index is 1140. The summed E-state index contributed by atoms with van der Waals surface area (Å²) in [6, 6.07) is 10.6. The monoisotopic (exact) mass is 543 g/mol. The zero-order chi connectivity index (χ0) is 26.2. The Morgan fingerprint density at radius 2 is 1.77 bits per heavy atom. The molecular formula is C24H31Cl2N3O5S. The summed E-state index contributed by atoms with van der Waals surface area (Å²) in [7, 11) is -3.88. The van der Waals surface area contributed by atoms with Crippen molar-refractivity contribution in [2.75, 3.05) is 30.3 Å². The van der Waals surface area contributed by atoms with Crippen molar-refractivity contribution < 1.29 is 22.7 Å². The van der Waals surface area contributed by atoms with Crippen LogP contribution in [0.3, 0.4) is 0 Å². The second-order valence-electron chi connectivity index (χ2n) is 7.75. The smallest absolute Gasteiger partial charge is 0.244 e. The fourth-order valence-electron chi connectivity index (χ4n) is 3.58. The average molecular weight is 545 g/mol. The second-order valence-corrected chi connectivity index (χ2v) is 10.5. The normalized spacial score (nSPS) is 12.1. The van der Waals surface area contributed by atoms with Gasteiger partial charge in [-0.25, -0.2) is 8.42 Å². The van der Waals surface area contributed by atoms with Gasteiger partial charge in [0.25, 0.3) is 0 Å². The first-order valence-electron chi connectivity index (χ1n) is 11.2. The largest absolute Gasteiger partial charge is 0.492 e. The molecule has 0 saturated carbocycles. The van der Waals surface area contributed by atoms with Gasteiger partial charge in [-0.1, -0.05) is 48.3 Å². The summed E-state index contributed by atoms with van der Waals surface area (Å²) >= 11 is 12.4. The van der Waals surface area contributed by atoms with Crippen molar-refractivity contribution in [3.63, 3.8) is 0 Å². The Labute approximate surface area is 217 Å². The van der Waals surface area contributed by atoms with E-state index in [4.69, 9.17) is 27.9 Å². The molecule has 11 heteroatoms. The van der Waals surface area contributed by atoms with E-state index in [9.17, 15) is 18.0 Å².